The van der Waals surface area contributed by atoms with E-state index in [0.717, 1.165) is 10.0 Å². The van der Waals surface area contributed by atoms with Gasteiger partial charge >= 0.3 is 5.97 Å². The van der Waals surface area contributed by atoms with Crippen LogP contribution in [0.15, 0.2) is 51.9 Å². The summed E-state index contributed by atoms with van der Waals surface area (Å²) in [6.07, 6.45) is 0.499. The van der Waals surface area contributed by atoms with E-state index in [0.29, 0.717) is 29.3 Å². The van der Waals surface area contributed by atoms with Gasteiger partial charge in [0, 0.05) is 10.9 Å². The number of carbonyl (C=O) groups is 1. The minimum atomic E-state index is -0.435. The number of carbonyl (C=O) groups excluding carboxylic acids is 1. The maximum atomic E-state index is 11.6. The Morgan fingerprint density at radius 1 is 1.17 bits per heavy atom. The van der Waals surface area contributed by atoms with Gasteiger partial charge in [0.15, 0.2) is 0 Å². The number of aliphatic imine (C=N–C) groups is 1. The molecule has 0 atom stereocenters. The zero-order chi connectivity index (χ0) is 16.8. The van der Waals surface area contributed by atoms with Gasteiger partial charge in [-0.05, 0) is 35.9 Å². The van der Waals surface area contributed by atoms with Crippen LogP contribution in [0.5, 0.6) is 5.75 Å². The highest BCUT2D eigenvalue weighted by atomic mass is 79.9. The maximum Gasteiger partial charge on any atom is 0.337 e. The zero-order valence-corrected chi connectivity index (χ0v) is 14.5. The molecule has 6 heteroatoms. The molecule has 0 fully saturated rings. The Morgan fingerprint density at radius 3 is 2.48 bits per heavy atom. The molecule has 0 radical (unpaired) electrons. The van der Waals surface area contributed by atoms with E-state index in [1.165, 1.54) is 14.2 Å². The predicted octanol–water partition coefficient (Wildman–Crippen LogP) is 3.48. The van der Waals surface area contributed by atoms with E-state index < -0.39 is 5.97 Å². The van der Waals surface area contributed by atoms with Crippen molar-refractivity contribution in [2.45, 2.75) is 6.42 Å². The number of benzene rings is 2. The molecule has 0 spiro atoms. The second-order valence-corrected chi connectivity index (χ2v) is 5.70. The average Bonchev–Trinajstić information content (AvgIpc) is 2.56. The van der Waals surface area contributed by atoms with Gasteiger partial charge in [0.05, 0.1) is 19.8 Å². The molecule has 5 nitrogen and oxygen atoms in total. The van der Waals surface area contributed by atoms with Crippen LogP contribution in [0.3, 0.4) is 0 Å². The molecular weight excluding hydrogens is 360 g/mol. The molecule has 2 N–H and O–H groups in total. The van der Waals surface area contributed by atoms with Crippen LogP contribution in [0.1, 0.15) is 15.9 Å². The first-order valence-corrected chi connectivity index (χ1v) is 7.66. The molecule has 0 unspecified atom stereocenters. The lowest BCUT2D eigenvalue weighted by molar-refractivity contribution is 0.0600. The number of nitrogens with two attached hydrogens (primary N) is 1. The molecule has 2 aromatic carbocycles. The minimum absolute atomic E-state index is 0.392. The van der Waals surface area contributed by atoms with Crippen molar-refractivity contribution in [1.82, 2.24) is 0 Å². The van der Waals surface area contributed by atoms with E-state index in [-0.39, 0.29) is 0 Å². The lowest BCUT2D eigenvalue weighted by atomic mass is 10.1. The summed E-state index contributed by atoms with van der Waals surface area (Å²) in [4.78, 5) is 16.0. The summed E-state index contributed by atoms with van der Waals surface area (Å²) in [5.74, 6) is 0.527. The number of hydrogen-bond donors (Lipinski definition) is 1. The molecule has 0 aliphatic heterocycles. The van der Waals surface area contributed by atoms with Gasteiger partial charge in [-0.3, -0.25) is 0 Å². The van der Waals surface area contributed by atoms with E-state index in [4.69, 9.17) is 15.2 Å². The van der Waals surface area contributed by atoms with Crippen molar-refractivity contribution >= 4 is 33.4 Å². The normalized spacial score (nSPS) is 11.2. The van der Waals surface area contributed by atoms with Crippen molar-refractivity contribution < 1.29 is 14.3 Å². The van der Waals surface area contributed by atoms with Crippen LogP contribution in [0.25, 0.3) is 0 Å². The predicted molar refractivity (Wildman–Crippen MR) is 93.5 cm³/mol. The Kier molecular flexibility index (Phi) is 5.76. The van der Waals surface area contributed by atoms with E-state index in [1.54, 1.807) is 18.2 Å². The topological polar surface area (TPSA) is 73.9 Å². The molecule has 0 aliphatic rings. The summed E-state index contributed by atoms with van der Waals surface area (Å²) >= 11 is 3.39. The van der Waals surface area contributed by atoms with Gasteiger partial charge in [0.25, 0.3) is 0 Å². The fraction of sp³-hybridized carbons (Fsp3) is 0.176. The molecule has 2 aromatic rings. The molecule has 120 valence electrons. The van der Waals surface area contributed by atoms with Crippen molar-refractivity contribution in [3.63, 3.8) is 0 Å². The molecular formula is C17H17BrN2O3. The lowest BCUT2D eigenvalue weighted by Crippen LogP contribution is -2.14. The highest BCUT2D eigenvalue weighted by Gasteiger charge is 2.10. The Hall–Kier alpha value is -2.34. The Labute approximate surface area is 143 Å². The highest BCUT2D eigenvalue weighted by molar-refractivity contribution is 9.10. The largest absolute Gasteiger partial charge is 0.494 e. The molecule has 2 rings (SSSR count). The smallest absolute Gasteiger partial charge is 0.337 e. The van der Waals surface area contributed by atoms with Gasteiger partial charge in [-0.15, -0.1) is 0 Å². The van der Waals surface area contributed by atoms with E-state index >= 15 is 0 Å². The zero-order valence-electron chi connectivity index (χ0n) is 12.9. The van der Waals surface area contributed by atoms with Crippen LogP contribution in [-0.2, 0) is 11.2 Å². The number of esters is 1. The van der Waals surface area contributed by atoms with Crippen molar-refractivity contribution in [2.24, 2.45) is 10.7 Å². The summed E-state index contributed by atoms with van der Waals surface area (Å²) in [6.45, 7) is 0. The fourth-order valence-corrected chi connectivity index (χ4v) is 2.29. The van der Waals surface area contributed by atoms with Gasteiger partial charge in [0.1, 0.15) is 17.3 Å². The molecule has 0 aromatic heterocycles. The molecule has 0 aliphatic carbocycles. The molecule has 0 bridgehead atoms. The number of amidine groups is 1. The third-order valence-corrected chi connectivity index (χ3v) is 3.69. The fourth-order valence-electron chi connectivity index (χ4n) is 2.03. The first kappa shape index (κ1) is 17.0. The van der Waals surface area contributed by atoms with Gasteiger partial charge < -0.3 is 15.2 Å². The average molecular weight is 377 g/mol. The minimum Gasteiger partial charge on any atom is -0.494 e. The standard InChI is InChI=1S/C17H17BrN2O3/c1-22-15-8-5-12(17(21)23-2)10-14(15)20-16(19)9-11-3-6-13(18)7-4-11/h3-8,10H,9H2,1-2H3,(H2,19,20). The number of hydrogen-bond acceptors (Lipinski definition) is 4. The molecule has 0 heterocycles. The van der Waals surface area contributed by atoms with Crippen LogP contribution >= 0.6 is 15.9 Å². The summed E-state index contributed by atoms with van der Waals surface area (Å²) < 4.78 is 11.0. The molecule has 0 saturated carbocycles. The van der Waals surface area contributed by atoms with E-state index in [2.05, 4.69) is 20.9 Å². The van der Waals surface area contributed by atoms with Crippen molar-refractivity contribution in [1.29, 1.82) is 0 Å². The van der Waals surface area contributed by atoms with Crippen LogP contribution in [-0.4, -0.2) is 26.0 Å². The van der Waals surface area contributed by atoms with Crippen LogP contribution in [0.4, 0.5) is 5.69 Å². The van der Waals surface area contributed by atoms with Gasteiger partial charge in [-0.1, -0.05) is 28.1 Å². The lowest BCUT2D eigenvalue weighted by Gasteiger charge is -2.08. The number of ether oxygens (including phenoxy) is 2. The summed E-state index contributed by atoms with van der Waals surface area (Å²) in [5, 5.41) is 0. The second-order valence-electron chi connectivity index (χ2n) is 4.78. The van der Waals surface area contributed by atoms with E-state index in [9.17, 15) is 4.79 Å². The Balaban J connectivity index is 2.28. The van der Waals surface area contributed by atoms with Crippen LogP contribution in [0, 0.1) is 0 Å². The molecule has 0 saturated heterocycles. The van der Waals surface area contributed by atoms with Gasteiger partial charge in [0.2, 0.25) is 0 Å². The maximum absolute atomic E-state index is 11.6. The monoisotopic (exact) mass is 376 g/mol. The first-order chi connectivity index (χ1) is 11.0. The quantitative estimate of drug-likeness (QED) is 0.492. The molecule has 0 amide bonds. The van der Waals surface area contributed by atoms with Crippen molar-refractivity contribution in [3.8, 4) is 5.75 Å². The second kappa shape index (κ2) is 7.78. The van der Waals surface area contributed by atoms with E-state index in [1.807, 2.05) is 24.3 Å². The third kappa shape index (κ3) is 4.56. The van der Waals surface area contributed by atoms with Gasteiger partial charge in [-0.25, -0.2) is 9.79 Å². The van der Waals surface area contributed by atoms with Crippen molar-refractivity contribution in [3.05, 3.63) is 58.1 Å². The summed E-state index contributed by atoms with van der Waals surface area (Å²) in [7, 11) is 2.87. The van der Waals surface area contributed by atoms with Crippen LogP contribution < -0.4 is 10.5 Å². The van der Waals surface area contributed by atoms with Crippen molar-refractivity contribution in [2.75, 3.05) is 14.2 Å². The summed E-state index contributed by atoms with van der Waals surface area (Å²) in [6, 6.07) is 12.7. The first-order valence-electron chi connectivity index (χ1n) is 6.87. The SMILES string of the molecule is COC(=O)c1ccc(OC)c(N=C(N)Cc2ccc(Br)cc2)c1. The third-order valence-electron chi connectivity index (χ3n) is 3.16. The van der Waals surface area contributed by atoms with Gasteiger partial charge in [-0.2, -0.15) is 0 Å². The molecule has 23 heavy (non-hydrogen) atoms. The number of halogens is 1. The Morgan fingerprint density at radius 2 is 1.87 bits per heavy atom. The number of methoxy groups -OCH3 is 2. The van der Waals surface area contributed by atoms with Crippen LogP contribution in [0.2, 0.25) is 0 Å². The Bertz CT molecular complexity index is 727. The highest BCUT2D eigenvalue weighted by Crippen LogP contribution is 2.29. The number of rotatable bonds is 5. The number of nitrogens with zero attached hydrogens (tertiary/aromatic N) is 1. The summed E-state index contributed by atoms with van der Waals surface area (Å²) in [5.41, 5.74) is 7.95.